The summed E-state index contributed by atoms with van der Waals surface area (Å²) < 4.78 is 5.65. The second kappa shape index (κ2) is 7.14. The van der Waals surface area contributed by atoms with Crippen LogP contribution < -0.4 is 9.64 Å². The Labute approximate surface area is 192 Å². The molecule has 4 aliphatic rings. The highest BCUT2D eigenvalue weighted by Gasteiger charge is 2.68. The third kappa shape index (κ3) is 2.45. The first kappa shape index (κ1) is 19.9. The van der Waals surface area contributed by atoms with Gasteiger partial charge in [0.05, 0.1) is 29.5 Å². The smallest absolute Gasteiger partial charge is 0.239 e. The lowest BCUT2D eigenvalue weighted by Crippen LogP contribution is -2.54. The van der Waals surface area contributed by atoms with E-state index in [2.05, 4.69) is 0 Å². The summed E-state index contributed by atoms with van der Waals surface area (Å²) in [5, 5.41) is 0. The van der Waals surface area contributed by atoms with Gasteiger partial charge in [-0.2, -0.15) is 0 Å². The summed E-state index contributed by atoms with van der Waals surface area (Å²) in [5.41, 5.74) is 2.97. The number of carbonyl (C=O) groups is 3. The van der Waals surface area contributed by atoms with E-state index in [0.717, 1.165) is 35.0 Å². The number of hydrogen-bond donors (Lipinski definition) is 0. The van der Waals surface area contributed by atoms with Crippen molar-refractivity contribution in [1.29, 1.82) is 0 Å². The van der Waals surface area contributed by atoms with Crippen molar-refractivity contribution >= 4 is 23.8 Å². The minimum Gasteiger partial charge on any atom is -0.494 e. The third-order valence-electron chi connectivity index (χ3n) is 7.44. The first-order valence-electron chi connectivity index (χ1n) is 11.4. The van der Waals surface area contributed by atoms with Crippen LogP contribution in [0.5, 0.6) is 5.75 Å². The molecular formula is C28H23NO4. The van der Waals surface area contributed by atoms with Gasteiger partial charge in [-0.25, -0.2) is 4.90 Å². The first-order chi connectivity index (χ1) is 16.1. The van der Waals surface area contributed by atoms with Gasteiger partial charge >= 0.3 is 0 Å². The van der Waals surface area contributed by atoms with Crippen molar-refractivity contribution in [2.75, 3.05) is 11.5 Å². The van der Waals surface area contributed by atoms with E-state index in [4.69, 9.17) is 4.74 Å². The van der Waals surface area contributed by atoms with Gasteiger partial charge in [-0.15, -0.1) is 0 Å². The Morgan fingerprint density at radius 3 is 2.06 bits per heavy atom. The van der Waals surface area contributed by atoms with Crippen LogP contribution in [-0.2, 0) is 19.8 Å². The summed E-state index contributed by atoms with van der Waals surface area (Å²) in [7, 11) is 0. The third-order valence-corrected chi connectivity index (χ3v) is 7.44. The predicted molar refractivity (Wildman–Crippen MR) is 123 cm³/mol. The summed E-state index contributed by atoms with van der Waals surface area (Å²) in [4.78, 5) is 42.0. The zero-order valence-electron chi connectivity index (χ0n) is 18.2. The number of amides is 2. The highest BCUT2D eigenvalue weighted by atomic mass is 16.5. The number of aldehydes is 1. The molecule has 0 unspecified atom stereocenters. The summed E-state index contributed by atoms with van der Waals surface area (Å²) in [6.45, 7) is 2.63. The highest BCUT2D eigenvalue weighted by Crippen LogP contribution is 2.63. The Balaban J connectivity index is 1.51. The van der Waals surface area contributed by atoms with Crippen molar-refractivity contribution in [2.45, 2.75) is 24.7 Å². The van der Waals surface area contributed by atoms with E-state index >= 15 is 0 Å². The SMILES string of the molecule is CCCOc1ccc(N2C(=O)[C@@H]3C4c5ccccc5C(C=O)(c5ccccc54)[C@H]3C2=O)cc1. The Bertz CT molecular complexity index is 1250. The molecule has 0 N–H and O–H groups in total. The second-order valence-corrected chi connectivity index (χ2v) is 9.00. The van der Waals surface area contributed by atoms with Crippen molar-refractivity contribution in [3.05, 3.63) is 95.1 Å². The molecule has 0 radical (unpaired) electrons. The minimum absolute atomic E-state index is 0.243. The van der Waals surface area contributed by atoms with Crippen LogP contribution in [0, 0.1) is 11.8 Å². The van der Waals surface area contributed by atoms with Gasteiger partial charge in [0.15, 0.2) is 0 Å². The Hall–Kier alpha value is -3.73. The van der Waals surface area contributed by atoms with Crippen LogP contribution in [-0.4, -0.2) is 24.7 Å². The number of hydrogen-bond acceptors (Lipinski definition) is 4. The van der Waals surface area contributed by atoms with Crippen molar-refractivity contribution in [3.8, 4) is 5.75 Å². The van der Waals surface area contributed by atoms with Crippen LogP contribution in [0.15, 0.2) is 72.8 Å². The van der Waals surface area contributed by atoms with E-state index in [1.54, 1.807) is 24.3 Å². The van der Waals surface area contributed by atoms with Crippen molar-refractivity contribution < 1.29 is 19.1 Å². The monoisotopic (exact) mass is 437 g/mol. The molecule has 0 saturated carbocycles. The zero-order valence-corrected chi connectivity index (χ0v) is 18.2. The molecular weight excluding hydrogens is 414 g/mol. The molecule has 0 spiro atoms. The van der Waals surface area contributed by atoms with Crippen LogP contribution in [0.25, 0.3) is 0 Å². The lowest BCUT2D eigenvalue weighted by Gasteiger charge is -2.51. The summed E-state index contributed by atoms with van der Waals surface area (Å²) in [6, 6.07) is 22.6. The first-order valence-corrected chi connectivity index (χ1v) is 11.4. The van der Waals surface area contributed by atoms with E-state index < -0.39 is 17.3 Å². The predicted octanol–water partition coefficient (Wildman–Crippen LogP) is 4.23. The number of nitrogens with zero attached hydrogens (tertiary/aromatic N) is 1. The van der Waals surface area contributed by atoms with Gasteiger partial charge in [0, 0.05) is 5.92 Å². The molecule has 5 heteroatoms. The maximum atomic E-state index is 13.9. The molecule has 7 rings (SSSR count). The molecule has 3 aromatic rings. The van der Waals surface area contributed by atoms with Gasteiger partial charge in [-0.1, -0.05) is 55.5 Å². The Morgan fingerprint density at radius 2 is 1.48 bits per heavy atom. The normalized spacial score (nSPS) is 26.6. The quantitative estimate of drug-likeness (QED) is 0.443. The van der Waals surface area contributed by atoms with Crippen LogP contribution in [0.3, 0.4) is 0 Å². The molecule has 1 fully saturated rings. The zero-order chi connectivity index (χ0) is 22.7. The number of anilines is 1. The van der Waals surface area contributed by atoms with Crippen LogP contribution in [0.2, 0.25) is 0 Å². The standard InChI is InChI=1S/C28H23NO4/c1-2-15-33-18-13-11-17(12-14-18)29-26(31)24-23-19-7-3-5-9-21(19)28(16-30,25(24)27(29)32)22-10-6-4-8-20(22)23/h3-14,16,23-25H,2,15H2,1H3/t23?,24-,25-,28?/m1/s1. The summed E-state index contributed by atoms with van der Waals surface area (Å²) in [5.74, 6) is -1.48. The molecule has 164 valence electrons. The second-order valence-electron chi connectivity index (χ2n) is 9.00. The minimum atomic E-state index is -1.17. The molecule has 2 amide bonds. The van der Waals surface area contributed by atoms with E-state index in [-0.39, 0.29) is 17.7 Å². The lowest BCUT2D eigenvalue weighted by atomic mass is 9.48. The molecule has 3 aromatic carbocycles. The van der Waals surface area contributed by atoms with Gasteiger partial charge in [-0.3, -0.25) is 9.59 Å². The number of imide groups is 1. The molecule has 2 atom stereocenters. The largest absolute Gasteiger partial charge is 0.494 e. The van der Waals surface area contributed by atoms with Crippen LogP contribution >= 0.6 is 0 Å². The van der Waals surface area contributed by atoms with E-state index in [1.165, 1.54) is 4.90 Å². The molecule has 1 aliphatic heterocycles. The van der Waals surface area contributed by atoms with Crippen LogP contribution in [0.1, 0.15) is 41.5 Å². The van der Waals surface area contributed by atoms with Crippen molar-refractivity contribution in [3.63, 3.8) is 0 Å². The maximum Gasteiger partial charge on any atom is 0.239 e. The number of ether oxygens (including phenoxy) is 1. The summed E-state index contributed by atoms with van der Waals surface area (Å²) >= 11 is 0. The van der Waals surface area contributed by atoms with E-state index in [1.807, 2.05) is 55.5 Å². The van der Waals surface area contributed by atoms with E-state index in [9.17, 15) is 14.4 Å². The van der Waals surface area contributed by atoms with Crippen LogP contribution in [0.4, 0.5) is 5.69 Å². The average molecular weight is 437 g/mol. The molecule has 0 aromatic heterocycles. The average Bonchev–Trinajstić information content (AvgIpc) is 3.14. The van der Waals surface area contributed by atoms with Gasteiger partial charge in [0.2, 0.25) is 11.8 Å². The Morgan fingerprint density at radius 1 is 0.879 bits per heavy atom. The molecule has 1 saturated heterocycles. The number of benzene rings is 3. The van der Waals surface area contributed by atoms with Crippen molar-refractivity contribution in [1.82, 2.24) is 0 Å². The van der Waals surface area contributed by atoms with E-state index in [0.29, 0.717) is 18.0 Å². The van der Waals surface area contributed by atoms with Crippen molar-refractivity contribution in [2.24, 2.45) is 11.8 Å². The highest BCUT2D eigenvalue weighted by molar-refractivity contribution is 6.24. The van der Waals surface area contributed by atoms with Gasteiger partial charge in [0.1, 0.15) is 12.0 Å². The fourth-order valence-electron chi connectivity index (χ4n) is 6.20. The van der Waals surface area contributed by atoms with Gasteiger partial charge in [-0.05, 0) is 52.9 Å². The van der Waals surface area contributed by atoms with Gasteiger partial charge in [0.25, 0.3) is 0 Å². The summed E-state index contributed by atoms with van der Waals surface area (Å²) in [6.07, 6.45) is 1.79. The molecule has 2 bridgehead atoms. The number of carbonyl (C=O) groups excluding carboxylic acids is 3. The molecule has 3 aliphatic carbocycles. The molecule has 1 heterocycles. The molecule has 33 heavy (non-hydrogen) atoms. The van der Waals surface area contributed by atoms with Gasteiger partial charge < -0.3 is 9.53 Å². The fraction of sp³-hybridized carbons (Fsp3) is 0.250. The molecule has 5 nitrogen and oxygen atoms in total. The topological polar surface area (TPSA) is 63.7 Å². The number of rotatable bonds is 5. The lowest BCUT2D eigenvalue weighted by molar-refractivity contribution is -0.128. The maximum absolute atomic E-state index is 13.9. The Kier molecular flexibility index (Phi) is 4.31. The fourth-order valence-corrected chi connectivity index (χ4v) is 6.20.